The number of carbonyl (C=O) groups excluding carboxylic acids is 2. The second-order valence-corrected chi connectivity index (χ2v) is 11.8. The Labute approximate surface area is 231 Å². The minimum absolute atomic E-state index is 0.157. The van der Waals surface area contributed by atoms with E-state index in [1.54, 1.807) is 17.6 Å². The first-order valence-electron chi connectivity index (χ1n) is 13.3. The Kier molecular flexibility index (Phi) is 7.25. The molecule has 2 aromatic heterocycles. The van der Waals surface area contributed by atoms with Gasteiger partial charge in [-0.3, -0.25) is 14.4 Å². The Bertz CT molecular complexity index is 1600. The van der Waals surface area contributed by atoms with Crippen LogP contribution in [0.3, 0.4) is 0 Å². The van der Waals surface area contributed by atoms with Crippen LogP contribution in [0.25, 0.3) is 21.8 Å². The molecule has 2 aromatic carbocycles. The van der Waals surface area contributed by atoms with Gasteiger partial charge in [0.2, 0.25) is 11.8 Å². The van der Waals surface area contributed by atoms with Crippen molar-refractivity contribution < 1.29 is 14.1 Å². The summed E-state index contributed by atoms with van der Waals surface area (Å²) in [5.41, 5.74) is 1.06. The molecule has 5 rings (SSSR count). The topological polar surface area (TPSA) is 106 Å². The number of amides is 2. The molecule has 8 nitrogen and oxygen atoms in total. The van der Waals surface area contributed by atoms with E-state index in [9.17, 15) is 14.4 Å². The van der Waals surface area contributed by atoms with Crippen LogP contribution in [0, 0.1) is 12.3 Å². The van der Waals surface area contributed by atoms with Crippen LogP contribution in [0.15, 0.2) is 57.8 Å². The zero-order valence-corrected chi connectivity index (χ0v) is 23.3. The molecule has 1 fully saturated rings. The van der Waals surface area contributed by atoms with E-state index >= 15 is 0 Å². The number of halogens is 1. The van der Waals surface area contributed by atoms with Gasteiger partial charge in [0.25, 0.3) is 5.56 Å². The van der Waals surface area contributed by atoms with E-state index in [4.69, 9.17) is 16.1 Å². The molecule has 0 bridgehead atoms. The van der Waals surface area contributed by atoms with Crippen LogP contribution >= 0.6 is 11.6 Å². The zero-order chi connectivity index (χ0) is 27.9. The number of carbonyl (C=O) groups is 2. The Hall–Kier alpha value is -3.65. The van der Waals surface area contributed by atoms with Gasteiger partial charge in [0.1, 0.15) is 22.7 Å². The normalized spacial score (nSPS) is 18.7. The highest BCUT2D eigenvalue weighted by Gasteiger charge is 2.32. The number of pyridine rings is 1. The summed E-state index contributed by atoms with van der Waals surface area (Å²) in [6.45, 7) is 7.17. The number of nitrogens with zero attached hydrogens (tertiary/aromatic N) is 2. The van der Waals surface area contributed by atoms with Gasteiger partial charge in [-0.25, -0.2) is 0 Å². The van der Waals surface area contributed by atoms with Crippen molar-refractivity contribution in [2.45, 2.75) is 71.5 Å². The SMILES string of the molecule is Cc1onc2c1c(=O)n(C1CCCC(NC(=O)C(NC(=O)C(C)(C)C)c3ccccc3)C1)c1cccc(Cl)c21. The minimum Gasteiger partial charge on any atom is -0.360 e. The number of nitrogens with one attached hydrogen (secondary N) is 2. The molecule has 2 N–H and O–H groups in total. The first-order chi connectivity index (χ1) is 18.6. The first-order valence-corrected chi connectivity index (χ1v) is 13.7. The van der Waals surface area contributed by atoms with Gasteiger partial charge in [0.15, 0.2) is 0 Å². The number of benzene rings is 2. The third kappa shape index (κ3) is 5.17. The van der Waals surface area contributed by atoms with E-state index in [-0.39, 0.29) is 29.5 Å². The number of fused-ring (bicyclic) bond motifs is 3. The quantitative estimate of drug-likeness (QED) is 0.337. The highest BCUT2D eigenvalue weighted by atomic mass is 35.5. The minimum atomic E-state index is -0.823. The van der Waals surface area contributed by atoms with E-state index < -0.39 is 11.5 Å². The van der Waals surface area contributed by atoms with Gasteiger partial charge in [0.05, 0.1) is 10.5 Å². The maximum Gasteiger partial charge on any atom is 0.264 e. The highest BCUT2D eigenvalue weighted by molar-refractivity contribution is 6.37. The Morgan fingerprint density at radius 2 is 1.82 bits per heavy atom. The molecule has 0 aliphatic heterocycles. The van der Waals surface area contributed by atoms with Crippen LogP contribution in [0.5, 0.6) is 0 Å². The molecule has 39 heavy (non-hydrogen) atoms. The van der Waals surface area contributed by atoms with Crippen LogP contribution in [-0.4, -0.2) is 27.6 Å². The fraction of sp³-hybridized carbons (Fsp3) is 0.400. The van der Waals surface area contributed by atoms with Gasteiger partial charge < -0.3 is 19.7 Å². The smallest absolute Gasteiger partial charge is 0.264 e. The molecular formula is C30H33ClN4O4. The maximum atomic E-state index is 13.8. The summed E-state index contributed by atoms with van der Waals surface area (Å²) in [5, 5.41) is 11.8. The largest absolute Gasteiger partial charge is 0.360 e. The predicted octanol–water partition coefficient (Wildman–Crippen LogP) is 5.61. The van der Waals surface area contributed by atoms with Gasteiger partial charge in [-0.05, 0) is 50.3 Å². The number of hydrogen-bond donors (Lipinski definition) is 2. The van der Waals surface area contributed by atoms with Crippen molar-refractivity contribution in [3.8, 4) is 0 Å². The van der Waals surface area contributed by atoms with Crippen LogP contribution in [0.4, 0.5) is 0 Å². The number of aromatic nitrogens is 2. The highest BCUT2D eigenvalue weighted by Crippen LogP contribution is 2.35. The third-order valence-electron chi connectivity index (χ3n) is 7.49. The lowest BCUT2D eigenvalue weighted by Gasteiger charge is -2.33. The summed E-state index contributed by atoms with van der Waals surface area (Å²) in [4.78, 5) is 40.2. The standard InChI is InChI=1S/C30H33ClN4O4/c1-17-23-26(34-39-17)24-21(31)14-9-15-22(24)35(28(23)37)20-13-8-12-19(16-20)32-27(36)25(18-10-6-5-7-11-18)33-29(38)30(2,3)4/h5-7,9-11,14-15,19-20,25H,8,12-13,16H2,1-4H3,(H,32,36)(H,33,38). The number of aryl methyl sites for hydroxylation is 1. The molecule has 9 heteroatoms. The van der Waals surface area contributed by atoms with E-state index in [0.717, 1.165) is 19.3 Å². The molecule has 1 aliphatic carbocycles. The van der Waals surface area contributed by atoms with Gasteiger partial charge >= 0.3 is 0 Å². The lowest BCUT2D eigenvalue weighted by Crippen LogP contribution is -2.48. The van der Waals surface area contributed by atoms with Crippen molar-refractivity contribution in [2.75, 3.05) is 0 Å². The van der Waals surface area contributed by atoms with Crippen LogP contribution < -0.4 is 16.2 Å². The van der Waals surface area contributed by atoms with Gasteiger partial charge in [-0.2, -0.15) is 0 Å². The molecule has 1 saturated carbocycles. The van der Waals surface area contributed by atoms with Crippen molar-refractivity contribution in [3.05, 3.63) is 75.2 Å². The monoisotopic (exact) mass is 548 g/mol. The van der Waals surface area contributed by atoms with E-state index in [2.05, 4.69) is 15.8 Å². The molecule has 204 valence electrons. The van der Waals surface area contributed by atoms with Crippen molar-refractivity contribution >= 4 is 45.2 Å². The summed E-state index contributed by atoms with van der Waals surface area (Å²) in [6.07, 6.45) is 2.96. The Balaban J connectivity index is 1.45. The maximum absolute atomic E-state index is 13.8. The van der Waals surface area contributed by atoms with Crippen molar-refractivity contribution in [3.63, 3.8) is 0 Å². The molecule has 2 amide bonds. The summed E-state index contributed by atoms with van der Waals surface area (Å²) in [5.74, 6) is -0.0260. The molecule has 0 spiro atoms. The fourth-order valence-corrected chi connectivity index (χ4v) is 5.70. The van der Waals surface area contributed by atoms with Gasteiger partial charge in [-0.1, -0.05) is 73.9 Å². The molecule has 3 atom stereocenters. The van der Waals surface area contributed by atoms with Crippen molar-refractivity contribution in [1.29, 1.82) is 0 Å². The van der Waals surface area contributed by atoms with Gasteiger partial charge in [0, 0.05) is 22.9 Å². The van der Waals surface area contributed by atoms with E-state index in [1.165, 1.54) is 0 Å². The van der Waals surface area contributed by atoms with Crippen LogP contribution in [0.2, 0.25) is 5.02 Å². The lowest BCUT2D eigenvalue weighted by atomic mass is 9.89. The van der Waals surface area contributed by atoms with Crippen LogP contribution in [0.1, 0.15) is 69.9 Å². The average molecular weight is 549 g/mol. The second kappa shape index (κ2) is 10.5. The van der Waals surface area contributed by atoms with Crippen LogP contribution in [-0.2, 0) is 9.59 Å². The Morgan fingerprint density at radius 3 is 2.54 bits per heavy atom. The summed E-state index contributed by atoms with van der Waals surface area (Å²) in [7, 11) is 0. The molecule has 2 heterocycles. The zero-order valence-electron chi connectivity index (χ0n) is 22.6. The summed E-state index contributed by atoms with van der Waals surface area (Å²) >= 11 is 6.58. The van der Waals surface area contributed by atoms with Crippen molar-refractivity contribution in [1.82, 2.24) is 20.4 Å². The number of rotatable bonds is 5. The van der Waals surface area contributed by atoms with E-state index in [0.29, 0.717) is 44.6 Å². The third-order valence-corrected chi connectivity index (χ3v) is 7.81. The average Bonchev–Trinajstić information content (AvgIpc) is 3.29. The number of hydrogen-bond acceptors (Lipinski definition) is 5. The molecule has 4 aromatic rings. The molecular weight excluding hydrogens is 516 g/mol. The molecule has 1 aliphatic rings. The van der Waals surface area contributed by atoms with Crippen molar-refractivity contribution in [2.24, 2.45) is 5.41 Å². The molecule has 0 saturated heterocycles. The van der Waals surface area contributed by atoms with Gasteiger partial charge in [-0.15, -0.1) is 0 Å². The predicted molar refractivity (Wildman–Crippen MR) is 152 cm³/mol. The second-order valence-electron chi connectivity index (χ2n) is 11.4. The fourth-order valence-electron chi connectivity index (χ4n) is 5.44. The lowest BCUT2D eigenvalue weighted by molar-refractivity contribution is -0.134. The summed E-state index contributed by atoms with van der Waals surface area (Å²) in [6, 6.07) is 13.6. The summed E-state index contributed by atoms with van der Waals surface area (Å²) < 4.78 is 7.18. The first kappa shape index (κ1) is 26.9. The molecule has 0 radical (unpaired) electrons. The Morgan fingerprint density at radius 1 is 1.08 bits per heavy atom. The molecule has 3 unspecified atom stereocenters. The van der Waals surface area contributed by atoms with E-state index in [1.807, 2.05) is 63.2 Å².